The Morgan fingerprint density at radius 3 is 2.12 bits per heavy atom. The summed E-state index contributed by atoms with van der Waals surface area (Å²) in [7, 11) is 1.60. The van der Waals surface area contributed by atoms with E-state index in [0.29, 0.717) is 18.0 Å². The summed E-state index contributed by atoms with van der Waals surface area (Å²) in [6.45, 7) is 4.00. The molecule has 5 nitrogen and oxygen atoms in total. The van der Waals surface area contributed by atoms with Gasteiger partial charge in [-0.25, -0.2) is 0 Å². The Labute approximate surface area is 148 Å². The molecule has 2 rings (SSSR count). The van der Waals surface area contributed by atoms with Crippen molar-refractivity contribution in [2.75, 3.05) is 17.7 Å². The number of ether oxygens (including phenoxy) is 1. The lowest BCUT2D eigenvalue weighted by molar-refractivity contribution is -0.117. The van der Waals surface area contributed by atoms with Crippen molar-refractivity contribution in [1.29, 1.82) is 0 Å². The maximum atomic E-state index is 12.1. The molecular weight excluding hydrogens is 316 g/mol. The van der Waals surface area contributed by atoms with E-state index >= 15 is 0 Å². The molecular formula is C20H24N2O3. The maximum absolute atomic E-state index is 12.1. The van der Waals surface area contributed by atoms with Crippen molar-refractivity contribution in [2.45, 2.75) is 26.7 Å². The molecule has 132 valence electrons. The SMILES string of the molecule is COc1cccc(CC(=O)Nc2ccc(NC(=O)CC(C)C)cc2)c1. The number of hydrogen-bond donors (Lipinski definition) is 2. The van der Waals surface area contributed by atoms with Crippen molar-refractivity contribution in [3.8, 4) is 5.75 Å². The summed E-state index contributed by atoms with van der Waals surface area (Å²) >= 11 is 0. The van der Waals surface area contributed by atoms with Gasteiger partial charge in [0.25, 0.3) is 0 Å². The molecule has 0 radical (unpaired) electrons. The van der Waals surface area contributed by atoms with Crippen molar-refractivity contribution in [1.82, 2.24) is 0 Å². The van der Waals surface area contributed by atoms with Gasteiger partial charge in [-0.05, 0) is 47.9 Å². The predicted molar refractivity (Wildman–Crippen MR) is 99.9 cm³/mol. The Bertz CT molecular complexity index is 724. The Hall–Kier alpha value is -2.82. The summed E-state index contributed by atoms with van der Waals surface area (Å²) in [5.41, 5.74) is 2.29. The zero-order valence-corrected chi connectivity index (χ0v) is 14.8. The van der Waals surface area contributed by atoms with Gasteiger partial charge in [0.05, 0.1) is 13.5 Å². The fraction of sp³-hybridized carbons (Fsp3) is 0.300. The lowest BCUT2D eigenvalue weighted by Crippen LogP contribution is -2.15. The largest absolute Gasteiger partial charge is 0.497 e. The molecule has 5 heteroatoms. The molecule has 0 aliphatic carbocycles. The van der Waals surface area contributed by atoms with Crippen molar-refractivity contribution >= 4 is 23.2 Å². The highest BCUT2D eigenvalue weighted by Gasteiger charge is 2.07. The maximum Gasteiger partial charge on any atom is 0.228 e. The van der Waals surface area contributed by atoms with Gasteiger partial charge in [0, 0.05) is 17.8 Å². The van der Waals surface area contributed by atoms with Gasteiger partial charge in [-0.15, -0.1) is 0 Å². The zero-order valence-electron chi connectivity index (χ0n) is 14.8. The number of methoxy groups -OCH3 is 1. The van der Waals surface area contributed by atoms with Crippen LogP contribution >= 0.6 is 0 Å². The molecule has 0 unspecified atom stereocenters. The van der Waals surface area contributed by atoms with E-state index in [-0.39, 0.29) is 18.2 Å². The van der Waals surface area contributed by atoms with Crippen LogP contribution in [-0.4, -0.2) is 18.9 Å². The van der Waals surface area contributed by atoms with Gasteiger partial charge < -0.3 is 15.4 Å². The van der Waals surface area contributed by atoms with Crippen LogP contribution < -0.4 is 15.4 Å². The number of nitrogens with one attached hydrogen (secondary N) is 2. The highest BCUT2D eigenvalue weighted by atomic mass is 16.5. The van der Waals surface area contributed by atoms with E-state index in [0.717, 1.165) is 17.0 Å². The Morgan fingerprint density at radius 1 is 0.960 bits per heavy atom. The van der Waals surface area contributed by atoms with Crippen LogP contribution in [0.2, 0.25) is 0 Å². The molecule has 2 aromatic rings. The van der Waals surface area contributed by atoms with Crippen LogP contribution in [0.1, 0.15) is 25.8 Å². The van der Waals surface area contributed by atoms with Crippen LogP contribution in [0.15, 0.2) is 48.5 Å². The average Bonchev–Trinajstić information content (AvgIpc) is 2.56. The molecule has 0 aromatic heterocycles. The van der Waals surface area contributed by atoms with Crippen LogP contribution in [0.5, 0.6) is 5.75 Å². The van der Waals surface area contributed by atoms with Crippen LogP contribution in [0, 0.1) is 5.92 Å². The molecule has 0 aliphatic heterocycles. The van der Waals surface area contributed by atoms with E-state index in [2.05, 4.69) is 10.6 Å². The first-order valence-corrected chi connectivity index (χ1v) is 8.29. The van der Waals surface area contributed by atoms with Crippen LogP contribution in [0.4, 0.5) is 11.4 Å². The quantitative estimate of drug-likeness (QED) is 0.804. The smallest absolute Gasteiger partial charge is 0.228 e. The molecule has 2 amide bonds. The van der Waals surface area contributed by atoms with Crippen molar-refractivity contribution in [3.05, 3.63) is 54.1 Å². The highest BCUT2D eigenvalue weighted by Crippen LogP contribution is 2.16. The average molecular weight is 340 g/mol. The van der Waals surface area contributed by atoms with Crippen LogP contribution in [0.25, 0.3) is 0 Å². The first kappa shape index (κ1) is 18.5. The van der Waals surface area contributed by atoms with E-state index in [1.807, 2.05) is 38.1 Å². The number of carbonyl (C=O) groups is 2. The first-order valence-electron chi connectivity index (χ1n) is 8.29. The van der Waals surface area contributed by atoms with Gasteiger partial charge in [-0.3, -0.25) is 9.59 Å². The summed E-state index contributed by atoms with van der Waals surface area (Å²) < 4.78 is 5.16. The van der Waals surface area contributed by atoms with E-state index < -0.39 is 0 Å². The minimum absolute atomic E-state index is 0.00943. The Morgan fingerprint density at radius 2 is 1.56 bits per heavy atom. The molecule has 0 aliphatic rings. The number of benzene rings is 2. The van der Waals surface area contributed by atoms with Crippen LogP contribution in [-0.2, 0) is 16.0 Å². The second-order valence-corrected chi connectivity index (χ2v) is 6.30. The van der Waals surface area contributed by atoms with Crippen LogP contribution in [0.3, 0.4) is 0 Å². The van der Waals surface area contributed by atoms with E-state index in [1.54, 1.807) is 31.4 Å². The summed E-state index contributed by atoms with van der Waals surface area (Å²) in [6, 6.07) is 14.5. The molecule has 25 heavy (non-hydrogen) atoms. The van der Waals surface area contributed by atoms with Gasteiger partial charge in [0.2, 0.25) is 11.8 Å². The third-order valence-electron chi connectivity index (χ3n) is 3.54. The van der Waals surface area contributed by atoms with Gasteiger partial charge in [0.1, 0.15) is 5.75 Å². The number of carbonyl (C=O) groups excluding carboxylic acids is 2. The van der Waals surface area contributed by atoms with Gasteiger partial charge >= 0.3 is 0 Å². The third-order valence-corrected chi connectivity index (χ3v) is 3.54. The summed E-state index contributed by atoms with van der Waals surface area (Å²) in [5.74, 6) is 0.927. The predicted octanol–water partition coefficient (Wildman–Crippen LogP) is 3.86. The standard InChI is InChI=1S/C20H24N2O3/c1-14(2)11-19(23)21-16-7-9-17(10-8-16)22-20(24)13-15-5-4-6-18(12-15)25-3/h4-10,12,14H,11,13H2,1-3H3,(H,21,23)(H,22,24). The topological polar surface area (TPSA) is 67.4 Å². The molecule has 0 saturated carbocycles. The molecule has 2 N–H and O–H groups in total. The normalized spacial score (nSPS) is 10.4. The van der Waals surface area contributed by atoms with Crippen molar-refractivity contribution in [2.24, 2.45) is 5.92 Å². The zero-order chi connectivity index (χ0) is 18.2. The third kappa shape index (κ3) is 6.30. The minimum atomic E-state index is -0.107. The van der Waals surface area contributed by atoms with Gasteiger partial charge in [0.15, 0.2) is 0 Å². The fourth-order valence-electron chi connectivity index (χ4n) is 2.39. The summed E-state index contributed by atoms with van der Waals surface area (Å²) in [5, 5.41) is 5.69. The highest BCUT2D eigenvalue weighted by molar-refractivity contribution is 5.93. The molecule has 0 heterocycles. The lowest BCUT2D eigenvalue weighted by Gasteiger charge is -2.09. The second kappa shape index (κ2) is 8.87. The van der Waals surface area contributed by atoms with Crippen molar-refractivity contribution in [3.63, 3.8) is 0 Å². The molecule has 0 fully saturated rings. The minimum Gasteiger partial charge on any atom is -0.497 e. The van der Waals surface area contributed by atoms with Crippen molar-refractivity contribution < 1.29 is 14.3 Å². The van der Waals surface area contributed by atoms with Gasteiger partial charge in [-0.1, -0.05) is 26.0 Å². The second-order valence-electron chi connectivity index (χ2n) is 6.30. The molecule has 0 bridgehead atoms. The Kier molecular flexibility index (Phi) is 6.57. The fourth-order valence-corrected chi connectivity index (χ4v) is 2.39. The molecule has 2 aromatic carbocycles. The number of amides is 2. The van der Waals surface area contributed by atoms with E-state index in [1.165, 1.54) is 0 Å². The Balaban J connectivity index is 1.89. The summed E-state index contributed by atoms with van der Waals surface area (Å²) in [6.07, 6.45) is 0.753. The lowest BCUT2D eigenvalue weighted by atomic mass is 10.1. The number of anilines is 2. The van der Waals surface area contributed by atoms with E-state index in [9.17, 15) is 9.59 Å². The summed E-state index contributed by atoms with van der Waals surface area (Å²) in [4.78, 5) is 23.9. The first-order chi connectivity index (χ1) is 12.0. The number of hydrogen-bond acceptors (Lipinski definition) is 3. The molecule has 0 saturated heterocycles. The monoisotopic (exact) mass is 340 g/mol. The molecule has 0 spiro atoms. The molecule has 0 atom stereocenters. The number of rotatable bonds is 7. The van der Waals surface area contributed by atoms with Gasteiger partial charge in [-0.2, -0.15) is 0 Å². The van der Waals surface area contributed by atoms with E-state index in [4.69, 9.17) is 4.74 Å².